The van der Waals surface area contributed by atoms with Crippen LogP contribution in [0.4, 0.5) is 0 Å². The van der Waals surface area contributed by atoms with Gasteiger partial charge in [-0.2, -0.15) is 5.10 Å². The zero-order valence-electron chi connectivity index (χ0n) is 20.5. The Morgan fingerprint density at radius 2 is 1.68 bits per heavy atom. The van der Waals surface area contributed by atoms with Crippen molar-refractivity contribution in [2.45, 2.75) is 33.1 Å². The number of likely N-dealkylation sites (N-methyl/N-ethyl adjacent to an activating group) is 1. The highest BCUT2D eigenvalue weighted by molar-refractivity contribution is 5.76. The van der Waals surface area contributed by atoms with Gasteiger partial charge in [0.2, 0.25) is 5.91 Å². The van der Waals surface area contributed by atoms with Gasteiger partial charge in [0.1, 0.15) is 0 Å². The summed E-state index contributed by atoms with van der Waals surface area (Å²) in [5.74, 6) is 0.109. The molecule has 4 rings (SSSR count). The summed E-state index contributed by atoms with van der Waals surface area (Å²) in [6.45, 7) is 11.8. The fraction of sp³-hybridized carbons (Fsp3) is 0.429. The summed E-state index contributed by atoms with van der Waals surface area (Å²) < 4.78 is 1.92. The molecule has 180 valence electrons. The van der Waals surface area contributed by atoms with Gasteiger partial charge in [0.25, 0.3) is 0 Å². The predicted octanol–water partition coefficient (Wildman–Crippen LogP) is 3.92. The number of hydrogen-bond donors (Lipinski definition) is 1. The Morgan fingerprint density at radius 1 is 0.971 bits per heavy atom. The molecule has 1 aliphatic rings. The third kappa shape index (κ3) is 6.55. The van der Waals surface area contributed by atoms with Crippen LogP contribution in [0.15, 0.2) is 60.8 Å². The van der Waals surface area contributed by atoms with Crippen molar-refractivity contribution in [2.24, 2.45) is 0 Å². The molecule has 2 aromatic carbocycles. The Bertz CT molecular complexity index is 1040. The number of carbonyl (C=O) groups excluding carboxylic acids is 1. The number of nitrogens with one attached hydrogen (secondary N) is 1. The van der Waals surface area contributed by atoms with Gasteiger partial charge in [-0.3, -0.25) is 4.79 Å². The standard InChI is InChI=1S/C28H37N5O/c1-3-31-18-20-32(21-19-31)17-7-16-29-27(34)15-14-25-22-33(26-8-5-4-6-9-26)30-28(25)24-12-10-23(2)11-13-24/h4-6,8-13,22H,3,7,14-21H2,1-2H3,(H,29,34). The minimum atomic E-state index is 0.109. The maximum atomic E-state index is 12.6. The van der Waals surface area contributed by atoms with Crippen molar-refractivity contribution in [1.82, 2.24) is 24.9 Å². The number of hydrogen-bond acceptors (Lipinski definition) is 4. The quantitative estimate of drug-likeness (QED) is 0.467. The molecule has 0 aliphatic carbocycles. The van der Waals surface area contributed by atoms with E-state index in [1.54, 1.807) is 0 Å². The third-order valence-corrected chi connectivity index (χ3v) is 6.64. The maximum absolute atomic E-state index is 12.6. The minimum Gasteiger partial charge on any atom is -0.356 e. The number of aromatic nitrogens is 2. The molecule has 0 atom stereocenters. The van der Waals surface area contributed by atoms with Crippen LogP contribution >= 0.6 is 0 Å². The van der Waals surface area contributed by atoms with E-state index in [-0.39, 0.29) is 5.91 Å². The zero-order chi connectivity index (χ0) is 23.8. The van der Waals surface area contributed by atoms with Gasteiger partial charge in [0, 0.05) is 50.9 Å². The van der Waals surface area contributed by atoms with Gasteiger partial charge in [-0.15, -0.1) is 0 Å². The lowest BCUT2D eigenvalue weighted by Crippen LogP contribution is -2.46. The summed E-state index contributed by atoms with van der Waals surface area (Å²) in [7, 11) is 0. The van der Waals surface area contributed by atoms with Crippen LogP contribution in [0.1, 0.15) is 30.9 Å². The maximum Gasteiger partial charge on any atom is 0.220 e. The van der Waals surface area contributed by atoms with Crippen LogP contribution < -0.4 is 5.32 Å². The van der Waals surface area contributed by atoms with Gasteiger partial charge in [-0.1, -0.05) is 55.0 Å². The van der Waals surface area contributed by atoms with Gasteiger partial charge in [-0.25, -0.2) is 4.68 Å². The summed E-state index contributed by atoms with van der Waals surface area (Å²) in [5, 5.41) is 7.99. The highest BCUT2D eigenvalue weighted by atomic mass is 16.1. The molecule has 3 aromatic rings. The molecule has 0 spiro atoms. The number of amides is 1. The molecule has 1 fully saturated rings. The summed E-state index contributed by atoms with van der Waals surface area (Å²) in [6.07, 6.45) is 4.20. The topological polar surface area (TPSA) is 53.4 Å². The number of piperazine rings is 1. The molecular weight excluding hydrogens is 422 g/mol. The molecule has 6 heteroatoms. The second-order valence-electron chi connectivity index (χ2n) is 9.13. The Morgan fingerprint density at radius 3 is 2.38 bits per heavy atom. The molecule has 1 N–H and O–H groups in total. The first-order valence-electron chi connectivity index (χ1n) is 12.5. The molecular formula is C28H37N5O. The first kappa shape index (κ1) is 24.2. The van der Waals surface area contributed by atoms with Crippen LogP contribution in [0.3, 0.4) is 0 Å². The number of para-hydroxylation sites is 1. The molecule has 0 unspecified atom stereocenters. The fourth-order valence-electron chi connectivity index (χ4n) is 4.46. The van der Waals surface area contributed by atoms with Crippen LogP contribution in [-0.2, 0) is 11.2 Å². The molecule has 1 aromatic heterocycles. The van der Waals surface area contributed by atoms with E-state index in [9.17, 15) is 4.79 Å². The van der Waals surface area contributed by atoms with Gasteiger partial charge in [0.05, 0.1) is 11.4 Å². The van der Waals surface area contributed by atoms with Crippen molar-refractivity contribution in [3.05, 3.63) is 71.9 Å². The molecule has 1 amide bonds. The monoisotopic (exact) mass is 459 g/mol. The van der Waals surface area contributed by atoms with E-state index in [0.29, 0.717) is 12.8 Å². The summed E-state index contributed by atoms with van der Waals surface area (Å²) >= 11 is 0. The van der Waals surface area contributed by atoms with E-state index in [0.717, 1.165) is 74.7 Å². The van der Waals surface area contributed by atoms with E-state index in [2.05, 4.69) is 59.4 Å². The predicted molar refractivity (Wildman–Crippen MR) is 138 cm³/mol. The summed E-state index contributed by atoms with van der Waals surface area (Å²) in [5.41, 5.74) is 5.36. The Hall–Kier alpha value is -2.96. The van der Waals surface area contributed by atoms with Crippen molar-refractivity contribution in [3.63, 3.8) is 0 Å². The largest absolute Gasteiger partial charge is 0.356 e. The number of aryl methyl sites for hydroxylation is 2. The van der Waals surface area contributed by atoms with Crippen LogP contribution in [0.5, 0.6) is 0 Å². The molecule has 2 heterocycles. The number of nitrogens with zero attached hydrogens (tertiary/aromatic N) is 4. The van der Waals surface area contributed by atoms with Crippen molar-refractivity contribution in [1.29, 1.82) is 0 Å². The number of carbonyl (C=O) groups is 1. The van der Waals surface area contributed by atoms with Gasteiger partial charge in [-0.05, 0) is 50.6 Å². The normalized spacial score (nSPS) is 14.9. The average Bonchev–Trinajstić information content (AvgIpc) is 3.31. The van der Waals surface area contributed by atoms with Crippen LogP contribution in [0.2, 0.25) is 0 Å². The van der Waals surface area contributed by atoms with Gasteiger partial charge >= 0.3 is 0 Å². The zero-order valence-corrected chi connectivity index (χ0v) is 20.5. The van der Waals surface area contributed by atoms with E-state index in [1.807, 2.05) is 35.0 Å². The third-order valence-electron chi connectivity index (χ3n) is 6.64. The lowest BCUT2D eigenvalue weighted by Gasteiger charge is -2.33. The smallest absolute Gasteiger partial charge is 0.220 e. The van der Waals surface area contributed by atoms with Gasteiger partial charge < -0.3 is 15.1 Å². The van der Waals surface area contributed by atoms with Crippen molar-refractivity contribution >= 4 is 5.91 Å². The second-order valence-corrected chi connectivity index (χ2v) is 9.13. The van der Waals surface area contributed by atoms with Crippen LogP contribution in [0, 0.1) is 6.92 Å². The Balaban J connectivity index is 1.31. The van der Waals surface area contributed by atoms with E-state index >= 15 is 0 Å². The Labute approximate surface area is 203 Å². The number of rotatable bonds is 10. The highest BCUT2D eigenvalue weighted by Gasteiger charge is 2.16. The van der Waals surface area contributed by atoms with Crippen LogP contribution in [-0.4, -0.2) is 71.3 Å². The molecule has 1 saturated heterocycles. The van der Waals surface area contributed by atoms with Crippen LogP contribution in [0.25, 0.3) is 16.9 Å². The highest BCUT2D eigenvalue weighted by Crippen LogP contribution is 2.25. The first-order valence-corrected chi connectivity index (χ1v) is 12.5. The minimum absolute atomic E-state index is 0.109. The van der Waals surface area contributed by atoms with Crippen molar-refractivity contribution in [2.75, 3.05) is 45.8 Å². The lowest BCUT2D eigenvalue weighted by molar-refractivity contribution is -0.121. The lowest BCUT2D eigenvalue weighted by atomic mass is 10.0. The molecule has 6 nitrogen and oxygen atoms in total. The molecule has 0 bridgehead atoms. The molecule has 0 radical (unpaired) electrons. The SMILES string of the molecule is CCN1CCN(CCCNC(=O)CCc2cn(-c3ccccc3)nc2-c2ccc(C)cc2)CC1. The summed E-state index contributed by atoms with van der Waals surface area (Å²) in [6, 6.07) is 18.6. The second kappa shape index (κ2) is 12.0. The first-order chi connectivity index (χ1) is 16.6. The van der Waals surface area contributed by atoms with Crippen molar-refractivity contribution < 1.29 is 4.79 Å². The fourth-order valence-corrected chi connectivity index (χ4v) is 4.46. The summed E-state index contributed by atoms with van der Waals surface area (Å²) in [4.78, 5) is 17.6. The van der Waals surface area contributed by atoms with Crippen molar-refractivity contribution in [3.8, 4) is 16.9 Å². The number of benzene rings is 2. The van der Waals surface area contributed by atoms with Gasteiger partial charge in [0.15, 0.2) is 0 Å². The molecule has 1 aliphatic heterocycles. The van der Waals surface area contributed by atoms with E-state index in [4.69, 9.17) is 5.10 Å². The Kier molecular flexibility index (Phi) is 8.50. The molecule has 0 saturated carbocycles. The molecule has 34 heavy (non-hydrogen) atoms. The average molecular weight is 460 g/mol. The van der Waals surface area contributed by atoms with E-state index < -0.39 is 0 Å². The van der Waals surface area contributed by atoms with E-state index in [1.165, 1.54) is 5.56 Å².